The minimum atomic E-state index is 0.403. The third-order valence-electron chi connectivity index (χ3n) is 3.35. The first kappa shape index (κ1) is 16.5. The van der Waals surface area contributed by atoms with E-state index < -0.39 is 0 Å². The highest BCUT2D eigenvalue weighted by molar-refractivity contribution is 7.98. The Hall–Kier alpha value is -0.840. The molecule has 0 fully saturated rings. The predicted molar refractivity (Wildman–Crippen MR) is 94.3 cm³/mol. The maximum atomic E-state index is 4.73. The Morgan fingerprint density at radius 2 is 1.95 bits per heavy atom. The van der Waals surface area contributed by atoms with E-state index in [4.69, 9.17) is 4.98 Å². The van der Waals surface area contributed by atoms with Gasteiger partial charge in [-0.1, -0.05) is 24.6 Å². The minimum absolute atomic E-state index is 0.403. The zero-order valence-electron chi connectivity index (χ0n) is 13.3. The van der Waals surface area contributed by atoms with Gasteiger partial charge in [-0.25, -0.2) is 4.98 Å². The highest BCUT2D eigenvalue weighted by atomic mass is 32.2. The Balaban J connectivity index is 1.96. The molecule has 0 bridgehead atoms. The number of aryl methyl sites for hydroxylation is 2. The number of nitrogens with one attached hydrogen (secondary N) is 1. The molecule has 2 nitrogen and oxygen atoms in total. The first-order chi connectivity index (χ1) is 10.1. The Kier molecular flexibility index (Phi) is 6.27. The molecule has 1 heterocycles. The lowest BCUT2D eigenvalue weighted by Gasteiger charge is -2.11. The van der Waals surface area contributed by atoms with E-state index in [1.54, 1.807) is 0 Å². The summed E-state index contributed by atoms with van der Waals surface area (Å²) in [6.45, 7) is 9.73. The lowest BCUT2D eigenvalue weighted by Crippen LogP contribution is -2.18. The molecular formula is C17H24N2S2. The highest BCUT2D eigenvalue weighted by Gasteiger charge is 2.13. The molecule has 21 heavy (non-hydrogen) atoms. The van der Waals surface area contributed by atoms with E-state index in [2.05, 4.69) is 57.3 Å². The summed E-state index contributed by atoms with van der Waals surface area (Å²) in [5.41, 5.74) is 2.48. The molecule has 114 valence electrons. The molecule has 1 atom stereocenters. The van der Waals surface area contributed by atoms with Crippen LogP contribution >= 0.6 is 23.1 Å². The van der Waals surface area contributed by atoms with Crippen LogP contribution in [-0.2, 0) is 5.75 Å². The van der Waals surface area contributed by atoms with Crippen LogP contribution in [0.2, 0.25) is 0 Å². The Bertz CT molecular complexity index is 561. The fourth-order valence-corrected chi connectivity index (χ4v) is 4.15. The summed E-state index contributed by atoms with van der Waals surface area (Å²) in [5, 5.41) is 4.77. The fourth-order valence-electron chi connectivity index (χ4n) is 2.16. The first-order valence-corrected chi connectivity index (χ1v) is 9.29. The summed E-state index contributed by atoms with van der Waals surface area (Å²) < 4.78 is 0. The van der Waals surface area contributed by atoms with E-state index >= 15 is 0 Å². The average Bonchev–Trinajstić information content (AvgIpc) is 2.85. The number of hydrogen-bond donors (Lipinski definition) is 1. The molecule has 0 aliphatic carbocycles. The number of thiazole rings is 1. The highest BCUT2D eigenvalue weighted by Crippen LogP contribution is 2.30. The van der Waals surface area contributed by atoms with Gasteiger partial charge in [0.2, 0.25) is 0 Å². The van der Waals surface area contributed by atoms with Crippen LogP contribution in [0.4, 0.5) is 0 Å². The lowest BCUT2D eigenvalue weighted by atomic mass is 10.2. The lowest BCUT2D eigenvalue weighted by molar-refractivity contribution is 0.575. The van der Waals surface area contributed by atoms with Crippen molar-refractivity contribution in [1.82, 2.24) is 10.3 Å². The monoisotopic (exact) mass is 320 g/mol. The summed E-state index contributed by atoms with van der Waals surface area (Å²) >= 11 is 3.71. The fraction of sp³-hybridized carbons (Fsp3) is 0.471. The molecule has 0 radical (unpaired) electrons. The summed E-state index contributed by atoms with van der Waals surface area (Å²) in [4.78, 5) is 7.42. The predicted octanol–water partition coefficient (Wildman–Crippen LogP) is 5.11. The second-order valence-corrected chi connectivity index (χ2v) is 7.50. The van der Waals surface area contributed by atoms with Gasteiger partial charge < -0.3 is 5.32 Å². The van der Waals surface area contributed by atoms with Gasteiger partial charge in [-0.15, -0.1) is 23.1 Å². The van der Waals surface area contributed by atoms with Crippen molar-refractivity contribution in [2.75, 3.05) is 6.54 Å². The molecule has 4 heteroatoms. The van der Waals surface area contributed by atoms with Crippen LogP contribution in [0.1, 0.15) is 47.5 Å². The van der Waals surface area contributed by atoms with Gasteiger partial charge in [0.25, 0.3) is 0 Å². The standard InChI is InChI=1S/C17H24N2S2/c1-5-10-18-13(3)17-14(4)19-16(21-17)11-20-15-8-6-12(2)7-9-15/h6-9,13,18H,5,10-11H2,1-4H3. The van der Waals surface area contributed by atoms with Crippen LogP contribution in [-0.4, -0.2) is 11.5 Å². The second-order valence-electron chi connectivity index (χ2n) is 5.33. The first-order valence-electron chi connectivity index (χ1n) is 7.49. The summed E-state index contributed by atoms with van der Waals surface area (Å²) in [5.74, 6) is 0.953. The van der Waals surface area contributed by atoms with Crippen molar-refractivity contribution in [2.45, 2.75) is 50.8 Å². The molecule has 0 aliphatic rings. The normalized spacial score (nSPS) is 12.6. The van der Waals surface area contributed by atoms with Crippen molar-refractivity contribution < 1.29 is 0 Å². The van der Waals surface area contributed by atoms with Crippen molar-refractivity contribution >= 4 is 23.1 Å². The van der Waals surface area contributed by atoms with Crippen LogP contribution in [0, 0.1) is 13.8 Å². The molecule has 1 N–H and O–H groups in total. The molecule has 0 aliphatic heterocycles. The number of thioether (sulfide) groups is 1. The molecule has 1 unspecified atom stereocenters. The number of hydrogen-bond acceptors (Lipinski definition) is 4. The molecule has 0 saturated heterocycles. The number of aromatic nitrogens is 1. The Morgan fingerprint density at radius 3 is 2.62 bits per heavy atom. The van der Waals surface area contributed by atoms with E-state index in [-0.39, 0.29) is 0 Å². The average molecular weight is 321 g/mol. The number of nitrogens with zero attached hydrogens (tertiary/aromatic N) is 1. The summed E-state index contributed by atoms with van der Waals surface area (Å²) in [6.07, 6.45) is 1.17. The van der Waals surface area contributed by atoms with Crippen LogP contribution in [0.5, 0.6) is 0 Å². The van der Waals surface area contributed by atoms with Crippen LogP contribution in [0.15, 0.2) is 29.2 Å². The third kappa shape index (κ3) is 4.83. The largest absolute Gasteiger partial charge is 0.309 e. The van der Waals surface area contributed by atoms with E-state index in [9.17, 15) is 0 Å². The van der Waals surface area contributed by atoms with Gasteiger partial charge in [-0.2, -0.15) is 0 Å². The molecule has 0 amide bonds. The molecule has 2 aromatic rings. The van der Waals surface area contributed by atoms with Crippen LogP contribution in [0.25, 0.3) is 0 Å². The number of benzene rings is 1. The van der Waals surface area contributed by atoms with Gasteiger partial charge in [0.15, 0.2) is 0 Å². The zero-order valence-corrected chi connectivity index (χ0v) is 14.9. The zero-order chi connectivity index (χ0) is 15.2. The van der Waals surface area contributed by atoms with Crippen molar-refractivity contribution in [3.8, 4) is 0 Å². The second kappa shape index (κ2) is 7.97. The van der Waals surface area contributed by atoms with Crippen molar-refractivity contribution in [3.05, 3.63) is 45.4 Å². The van der Waals surface area contributed by atoms with Crippen LogP contribution in [0.3, 0.4) is 0 Å². The number of rotatable bonds is 7. The molecule has 1 aromatic heterocycles. The maximum absolute atomic E-state index is 4.73. The van der Waals surface area contributed by atoms with Gasteiger partial charge in [0.1, 0.15) is 5.01 Å². The minimum Gasteiger partial charge on any atom is -0.309 e. The SMILES string of the molecule is CCCNC(C)c1sc(CSc2ccc(C)cc2)nc1C. The Labute approximate surface area is 136 Å². The molecule has 2 rings (SSSR count). The van der Waals surface area contributed by atoms with E-state index in [0.29, 0.717) is 6.04 Å². The molecule has 1 aromatic carbocycles. The van der Waals surface area contributed by atoms with E-state index in [1.165, 1.54) is 32.5 Å². The van der Waals surface area contributed by atoms with Gasteiger partial charge >= 0.3 is 0 Å². The Morgan fingerprint density at radius 1 is 1.24 bits per heavy atom. The van der Waals surface area contributed by atoms with E-state index in [0.717, 1.165) is 12.3 Å². The van der Waals surface area contributed by atoms with Gasteiger partial charge in [-0.3, -0.25) is 0 Å². The summed E-state index contributed by atoms with van der Waals surface area (Å²) in [7, 11) is 0. The summed E-state index contributed by atoms with van der Waals surface area (Å²) in [6, 6.07) is 9.11. The molecular weight excluding hydrogens is 296 g/mol. The molecule has 0 saturated carbocycles. The van der Waals surface area contributed by atoms with Gasteiger partial charge in [0, 0.05) is 15.8 Å². The van der Waals surface area contributed by atoms with E-state index in [1.807, 2.05) is 23.1 Å². The quantitative estimate of drug-likeness (QED) is 0.717. The van der Waals surface area contributed by atoms with Crippen molar-refractivity contribution in [1.29, 1.82) is 0 Å². The maximum Gasteiger partial charge on any atom is 0.103 e. The smallest absolute Gasteiger partial charge is 0.103 e. The van der Waals surface area contributed by atoms with Crippen LogP contribution < -0.4 is 5.32 Å². The van der Waals surface area contributed by atoms with Crippen molar-refractivity contribution in [2.24, 2.45) is 0 Å². The molecule has 0 spiro atoms. The topological polar surface area (TPSA) is 24.9 Å². The van der Waals surface area contributed by atoms with Gasteiger partial charge in [0.05, 0.1) is 11.4 Å². The van der Waals surface area contributed by atoms with Crippen molar-refractivity contribution in [3.63, 3.8) is 0 Å². The third-order valence-corrected chi connectivity index (χ3v) is 5.90. The van der Waals surface area contributed by atoms with Gasteiger partial charge in [-0.05, 0) is 45.9 Å².